The summed E-state index contributed by atoms with van der Waals surface area (Å²) < 4.78 is 26.0. The van der Waals surface area contributed by atoms with Crippen LogP contribution in [0.15, 0.2) is 48.5 Å². The van der Waals surface area contributed by atoms with Gasteiger partial charge >= 0.3 is 5.97 Å². The standard InChI is InChI=1S/C27H27FN4O4/c1-5-36-26-22(13-14-23(33)29-20-11-9-18(10-12-20)27(34)35-4)16(2)24-17(3)31-32(25(24)30-26)21-8-6-7-19(28)15-21/h6-12,15H,5,13-14H2,1-4H3,(H,29,33). The van der Waals surface area contributed by atoms with Gasteiger partial charge in [0.05, 0.1) is 30.7 Å². The summed E-state index contributed by atoms with van der Waals surface area (Å²) in [4.78, 5) is 29.0. The number of hydrogen-bond acceptors (Lipinski definition) is 6. The number of ether oxygens (including phenoxy) is 2. The molecule has 0 radical (unpaired) electrons. The van der Waals surface area contributed by atoms with Crippen molar-refractivity contribution < 1.29 is 23.5 Å². The summed E-state index contributed by atoms with van der Waals surface area (Å²) in [5, 5.41) is 8.29. The van der Waals surface area contributed by atoms with Crippen LogP contribution in [-0.2, 0) is 16.0 Å². The van der Waals surface area contributed by atoms with E-state index in [1.807, 2.05) is 20.8 Å². The first-order valence-electron chi connectivity index (χ1n) is 11.6. The van der Waals surface area contributed by atoms with Crippen molar-refractivity contribution in [2.45, 2.75) is 33.6 Å². The van der Waals surface area contributed by atoms with Gasteiger partial charge in [0, 0.05) is 23.1 Å². The molecule has 36 heavy (non-hydrogen) atoms. The van der Waals surface area contributed by atoms with Crippen LogP contribution >= 0.6 is 0 Å². The summed E-state index contributed by atoms with van der Waals surface area (Å²) in [6.07, 6.45) is 0.602. The number of aryl methyl sites for hydroxylation is 2. The Hall–Kier alpha value is -4.27. The van der Waals surface area contributed by atoms with Crippen molar-refractivity contribution >= 4 is 28.6 Å². The molecular formula is C27H27FN4O4. The van der Waals surface area contributed by atoms with Crippen LogP contribution in [0, 0.1) is 19.7 Å². The SMILES string of the molecule is CCOc1nc2c(c(C)nn2-c2cccc(F)c2)c(C)c1CCC(=O)Nc1ccc(C(=O)OC)cc1. The molecule has 4 rings (SSSR count). The Kier molecular flexibility index (Phi) is 7.28. The first-order chi connectivity index (χ1) is 17.3. The number of anilines is 1. The van der Waals surface area contributed by atoms with E-state index in [0.717, 1.165) is 22.2 Å². The van der Waals surface area contributed by atoms with E-state index in [2.05, 4.69) is 10.4 Å². The summed E-state index contributed by atoms with van der Waals surface area (Å²) in [6.45, 7) is 6.10. The second kappa shape index (κ2) is 10.6. The number of carbonyl (C=O) groups is 2. The van der Waals surface area contributed by atoms with Gasteiger partial charge in [0.1, 0.15) is 5.82 Å². The summed E-state index contributed by atoms with van der Waals surface area (Å²) in [7, 11) is 1.32. The molecule has 1 N–H and O–H groups in total. The smallest absolute Gasteiger partial charge is 0.337 e. The van der Waals surface area contributed by atoms with Gasteiger partial charge in [-0.3, -0.25) is 4.79 Å². The first-order valence-corrected chi connectivity index (χ1v) is 11.6. The van der Waals surface area contributed by atoms with Gasteiger partial charge in [0.15, 0.2) is 5.65 Å². The van der Waals surface area contributed by atoms with Crippen molar-refractivity contribution in [3.05, 3.63) is 76.7 Å². The zero-order valence-corrected chi connectivity index (χ0v) is 20.6. The van der Waals surface area contributed by atoms with Crippen LogP contribution in [0.3, 0.4) is 0 Å². The Morgan fingerprint density at radius 2 is 1.86 bits per heavy atom. The molecule has 9 heteroatoms. The van der Waals surface area contributed by atoms with Crippen LogP contribution in [0.25, 0.3) is 16.7 Å². The number of esters is 1. The Morgan fingerprint density at radius 3 is 2.53 bits per heavy atom. The Bertz CT molecular complexity index is 1430. The zero-order chi connectivity index (χ0) is 25.8. The van der Waals surface area contributed by atoms with E-state index in [-0.39, 0.29) is 18.1 Å². The molecule has 0 aliphatic carbocycles. The Labute approximate surface area is 208 Å². The van der Waals surface area contributed by atoms with Crippen molar-refractivity contribution in [3.8, 4) is 11.6 Å². The second-order valence-corrected chi connectivity index (χ2v) is 8.25. The third kappa shape index (κ3) is 5.05. The number of benzene rings is 2. The third-order valence-corrected chi connectivity index (χ3v) is 5.85. The minimum Gasteiger partial charge on any atom is -0.478 e. The van der Waals surface area contributed by atoms with Gasteiger partial charge in [-0.05, 0) is 75.2 Å². The monoisotopic (exact) mass is 490 g/mol. The highest BCUT2D eigenvalue weighted by Gasteiger charge is 2.21. The third-order valence-electron chi connectivity index (χ3n) is 5.85. The fourth-order valence-corrected chi connectivity index (χ4v) is 4.14. The number of pyridine rings is 1. The molecule has 2 heterocycles. The number of fused-ring (bicyclic) bond motifs is 1. The van der Waals surface area contributed by atoms with Crippen molar-refractivity contribution in [2.75, 3.05) is 19.0 Å². The number of nitrogens with one attached hydrogen (secondary N) is 1. The maximum atomic E-state index is 13.9. The van der Waals surface area contributed by atoms with Gasteiger partial charge in [-0.2, -0.15) is 10.1 Å². The molecule has 0 bridgehead atoms. The van der Waals surface area contributed by atoms with Crippen molar-refractivity contribution in [3.63, 3.8) is 0 Å². The molecule has 0 fully saturated rings. The topological polar surface area (TPSA) is 95.3 Å². The highest BCUT2D eigenvalue weighted by Crippen LogP contribution is 2.32. The fraction of sp³-hybridized carbons (Fsp3) is 0.259. The van der Waals surface area contributed by atoms with Crippen LogP contribution < -0.4 is 10.1 Å². The van der Waals surface area contributed by atoms with E-state index in [0.29, 0.717) is 41.5 Å². The van der Waals surface area contributed by atoms with Crippen LogP contribution in [0.5, 0.6) is 5.88 Å². The van der Waals surface area contributed by atoms with E-state index in [1.54, 1.807) is 41.1 Å². The number of nitrogens with zero attached hydrogens (tertiary/aromatic N) is 3. The minimum atomic E-state index is -0.439. The van der Waals surface area contributed by atoms with Gasteiger partial charge in [-0.1, -0.05) is 6.07 Å². The number of carbonyl (C=O) groups excluding carboxylic acids is 2. The molecule has 0 spiro atoms. The number of amides is 1. The second-order valence-electron chi connectivity index (χ2n) is 8.25. The first kappa shape index (κ1) is 24.8. The Morgan fingerprint density at radius 1 is 1.11 bits per heavy atom. The Balaban J connectivity index is 1.60. The molecule has 4 aromatic rings. The number of methoxy groups -OCH3 is 1. The highest BCUT2D eigenvalue weighted by molar-refractivity contribution is 5.93. The van der Waals surface area contributed by atoms with E-state index >= 15 is 0 Å². The van der Waals surface area contributed by atoms with Crippen LogP contribution in [0.2, 0.25) is 0 Å². The van der Waals surface area contributed by atoms with E-state index in [9.17, 15) is 14.0 Å². The average Bonchev–Trinajstić information content (AvgIpc) is 3.20. The highest BCUT2D eigenvalue weighted by atomic mass is 19.1. The molecule has 1 amide bonds. The van der Waals surface area contributed by atoms with Crippen molar-refractivity contribution in [1.29, 1.82) is 0 Å². The summed E-state index contributed by atoms with van der Waals surface area (Å²) in [5.74, 6) is -0.561. The van der Waals surface area contributed by atoms with Gasteiger partial charge < -0.3 is 14.8 Å². The number of halogens is 1. The van der Waals surface area contributed by atoms with Gasteiger partial charge in [0.2, 0.25) is 11.8 Å². The molecule has 0 saturated carbocycles. The lowest BCUT2D eigenvalue weighted by Crippen LogP contribution is -2.14. The maximum absolute atomic E-state index is 13.9. The van der Waals surface area contributed by atoms with Gasteiger partial charge in [-0.25, -0.2) is 13.9 Å². The fourth-order valence-electron chi connectivity index (χ4n) is 4.14. The number of hydrogen-bond donors (Lipinski definition) is 1. The quantitative estimate of drug-likeness (QED) is 0.352. The van der Waals surface area contributed by atoms with Crippen molar-refractivity contribution in [2.24, 2.45) is 0 Å². The molecule has 2 aromatic heterocycles. The lowest BCUT2D eigenvalue weighted by atomic mass is 10.0. The van der Waals surface area contributed by atoms with E-state index in [4.69, 9.17) is 14.5 Å². The average molecular weight is 491 g/mol. The molecule has 8 nitrogen and oxygen atoms in total. The van der Waals surface area contributed by atoms with Crippen LogP contribution in [0.1, 0.15) is 40.5 Å². The number of rotatable bonds is 8. The molecule has 186 valence electrons. The molecule has 2 aromatic carbocycles. The maximum Gasteiger partial charge on any atom is 0.337 e. The van der Waals surface area contributed by atoms with Gasteiger partial charge in [0.25, 0.3) is 0 Å². The van der Waals surface area contributed by atoms with Crippen LogP contribution in [-0.4, -0.2) is 40.4 Å². The summed E-state index contributed by atoms with van der Waals surface area (Å²) in [6, 6.07) is 12.7. The largest absolute Gasteiger partial charge is 0.478 e. The number of aromatic nitrogens is 3. The van der Waals surface area contributed by atoms with Crippen molar-refractivity contribution in [1.82, 2.24) is 14.8 Å². The zero-order valence-electron chi connectivity index (χ0n) is 20.6. The predicted molar refractivity (Wildman–Crippen MR) is 134 cm³/mol. The van der Waals surface area contributed by atoms with Gasteiger partial charge in [-0.15, -0.1) is 0 Å². The van der Waals surface area contributed by atoms with Crippen LogP contribution in [0.4, 0.5) is 10.1 Å². The lowest BCUT2D eigenvalue weighted by molar-refractivity contribution is -0.116. The van der Waals surface area contributed by atoms with E-state index in [1.165, 1.54) is 19.2 Å². The molecule has 0 aliphatic heterocycles. The normalized spacial score (nSPS) is 10.9. The molecule has 0 atom stereocenters. The summed E-state index contributed by atoms with van der Waals surface area (Å²) >= 11 is 0. The molecule has 0 aliphatic rings. The lowest BCUT2D eigenvalue weighted by Gasteiger charge is -2.14. The van der Waals surface area contributed by atoms with E-state index < -0.39 is 5.97 Å². The molecular weight excluding hydrogens is 463 g/mol. The predicted octanol–water partition coefficient (Wildman–Crippen LogP) is 4.93. The minimum absolute atomic E-state index is 0.185. The summed E-state index contributed by atoms with van der Waals surface area (Å²) in [5.41, 5.74) is 4.60. The molecule has 0 saturated heterocycles. The molecule has 0 unspecified atom stereocenters.